The zero-order valence-electron chi connectivity index (χ0n) is 16.4. The van der Waals surface area contributed by atoms with Crippen LogP contribution in [0.4, 0.5) is 4.39 Å². The topological polar surface area (TPSA) is 73.1 Å². The lowest BCUT2D eigenvalue weighted by Gasteiger charge is -2.31. The standard InChI is InChI=1S/C21H22FN5O2/c1-14-12-18(29-17-7-5-16(22)6-8-17)25-19(24-14)15-4-3-10-27(13-15)21(28)20-23-9-11-26(20)2/h5-9,11-12,15H,3-4,10,13H2,1-2H3. The lowest BCUT2D eigenvalue weighted by atomic mass is 9.97. The van der Waals surface area contributed by atoms with Gasteiger partial charge in [-0.1, -0.05) is 0 Å². The SMILES string of the molecule is Cc1cc(Oc2ccc(F)cc2)nc(C2CCCN(C(=O)c3nccn3C)C2)n1. The molecule has 0 spiro atoms. The molecule has 1 amide bonds. The predicted molar refractivity (Wildman–Crippen MR) is 104 cm³/mol. The Morgan fingerprint density at radius 3 is 2.76 bits per heavy atom. The van der Waals surface area contributed by atoms with Gasteiger partial charge in [0.25, 0.3) is 5.91 Å². The normalized spacial score (nSPS) is 16.7. The Balaban J connectivity index is 1.53. The fourth-order valence-electron chi connectivity index (χ4n) is 3.51. The maximum Gasteiger partial charge on any atom is 0.289 e. The van der Waals surface area contributed by atoms with Crippen LogP contribution in [0.3, 0.4) is 0 Å². The number of imidazole rings is 1. The summed E-state index contributed by atoms with van der Waals surface area (Å²) in [5.74, 6) is 1.60. The number of nitrogens with zero attached hydrogens (tertiary/aromatic N) is 5. The van der Waals surface area contributed by atoms with E-state index in [4.69, 9.17) is 4.74 Å². The van der Waals surface area contributed by atoms with Crippen molar-refractivity contribution in [2.75, 3.05) is 13.1 Å². The van der Waals surface area contributed by atoms with Crippen LogP contribution < -0.4 is 4.74 Å². The number of hydrogen-bond donors (Lipinski definition) is 0. The third-order valence-corrected chi connectivity index (χ3v) is 4.97. The molecule has 1 atom stereocenters. The van der Waals surface area contributed by atoms with Crippen molar-refractivity contribution in [2.24, 2.45) is 7.05 Å². The van der Waals surface area contributed by atoms with Crippen molar-refractivity contribution in [3.63, 3.8) is 0 Å². The average Bonchev–Trinajstić information content (AvgIpc) is 3.15. The van der Waals surface area contributed by atoms with E-state index < -0.39 is 0 Å². The predicted octanol–water partition coefficient (Wildman–Crippen LogP) is 3.47. The van der Waals surface area contributed by atoms with Crippen molar-refractivity contribution in [1.82, 2.24) is 24.4 Å². The van der Waals surface area contributed by atoms with Crippen LogP contribution in [-0.2, 0) is 7.05 Å². The number of carbonyl (C=O) groups excluding carboxylic acids is 1. The Hall–Kier alpha value is -3.29. The summed E-state index contributed by atoms with van der Waals surface area (Å²) >= 11 is 0. The number of likely N-dealkylation sites (tertiary alicyclic amines) is 1. The molecule has 150 valence electrons. The second kappa shape index (κ2) is 7.98. The first-order chi connectivity index (χ1) is 14.0. The lowest BCUT2D eigenvalue weighted by Crippen LogP contribution is -2.40. The van der Waals surface area contributed by atoms with Gasteiger partial charge in [-0.2, -0.15) is 4.98 Å². The molecule has 1 aliphatic heterocycles. The number of aryl methyl sites for hydroxylation is 2. The lowest BCUT2D eigenvalue weighted by molar-refractivity contribution is 0.0688. The van der Waals surface area contributed by atoms with Crippen molar-refractivity contribution in [2.45, 2.75) is 25.7 Å². The van der Waals surface area contributed by atoms with Gasteiger partial charge in [0.15, 0.2) is 5.82 Å². The molecule has 1 fully saturated rings. The second-order valence-electron chi connectivity index (χ2n) is 7.21. The number of halogens is 1. The van der Waals surface area contributed by atoms with Gasteiger partial charge in [-0.15, -0.1) is 0 Å². The molecule has 0 N–H and O–H groups in total. The van der Waals surface area contributed by atoms with Gasteiger partial charge < -0.3 is 14.2 Å². The Bertz CT molecular complexity index is 1020. The van der Waals surface area contributed by atoms with Crippen molar-refractivity contribution in [3.8, 4) is 11.6 Å². The highest BCUT2D eigenvalue weighted by atomic mass is 19.1. The average molecular weight is 395 g/mol. The van der Waals surface area contributed by atoms with E-state index in [1.807, 2.05) is 18.9 Å². The smallest absolute Gasteiger partial charge is 0.289 e. The van der Waals surface area contributed by atoms with Crippen molar-refractivity contribution < 1.29 is 13.9 Å². The molecule has 0 saturated carbocycles. The van der Waals surface area contributed by atoms with Crippen molar-refractivity contribution in [3.05, 3.63) is 65.9 Å². The van der Waals surface area contributed by atoms with E-state index in [1.165, 1.54) is 12.1 Å². The molecule has 1 unspecified atom stereocenters. The van der Waals surface area contributed by atoms with E-state index in [2.05, 4.69) is 15.0 Å². The summed E-state index contributed by atoms with van der Waals surface area (Å²) < 4.78 is 20.6. The summed E-state index contributed by atoms with van der Waals surface area (Å²) in [6.45, 7) is 3.10. The minimum Gasteiger partial charge on any atom is -0.439 e. The molecule has 1 aliphatic rings. The van der Waals surface area contributed by atoms with E-state index in [0.29, 0.717) is 36.4 Å². The maximum absolute atomic E-state index is 13.1. The van der Waals surface area contributed by atoms with E-state index >= 15 is 0 Å². The largest absolute Gasteiger partial charge is 0.439 e. The molecule has 0 aliphatic carbocycles. The molecule has 7 nitrogen and oxygen atoms in total. The van der Waals surface area contributed by atoms with Crippen LogP contribution in [0.1, 0.15) is 40.9 Å². The van der Waals surface area contributed by atoms with E-state index in [1.54, 1.807) is 35.2 Å². The van der Waals surface area contributed by atoms with Gasteiger partial charge in [-0.25, -0.2) is 14.4 Å². The highest BCUT2D eigenvalue weighted by Gasteiger charge is 2.29. The van der Waals surface area contributed by atoms with Crippen LogP contribution in [0, 0.1) is 12.7 Å². The molecule has 0 radical (unpaired) electrons. The van der Waals surface area contributed by atoms with Crippen molar-refractivity contribution >= 4 is 5.91 Å². The number of amides is 1. The summed E-state index contributed by atoms with van der Waals surface area (Å²) in [5, 5.41) is 0. The van der Waals surface area contributed by atoms with Gasteiger partial charge in [0.1, 0.15) is 17.4 Å². The minimum absolute atomic E-state index is 0.0171. The highest BCUT2D eigenvalue weighted by Crippen LogP contribution is 2.28. The van der Waals surface area contributed by atoms with Gasteiger partial charge in [0.2, 0.25) is 5.88 Å². The third-order valence-electron chi connectivity index (χ3n) is 4.97. The molecule has 29 heavy (non-hydrogen) atoms. The second-order valence-corrected chi connectivity index (χ2v) is 7.21. The quantitative estimate of drug-likeness (QED) is 0.676. The van der Waals surface area contributed by atoms with Crippen LogP contribution in [0.25, 0.3) is 0 Å². The Labute approximate surface area is 168 Å². The van der Waals surface area contributed by atoms with Crippen LogP contribution >= 0.6 is 0 Å². The first-order valence-electron chi connectivity index (χ1n) is 9.55. The van der Waals surface area contributed by atoms with Crippen LogP contribution in [0.5, 0.6) is 11.6 Å². The van der Waals surface area contributed by atoms with Crippen LogP contribution in [0.15, 0.2) is 42.7 Å². The Morgan fingerprint density at radius 1 is 1.24 bits per heavy atom. The minimum atomic E-state index is -0.323. The first-order valence-corrected chi connectivity index (χ1v) is 9.55. The summed E-state index contributed by atoms with van der Waals surface area (Å²) in [6.07, 6.45) is 5.14. The zero-order valence-corrected chi connectivity index (χ0v) is 16.4. The number of ether oxygens (including phenoxy) is 1. The molecule has 4 rings (SSSR count). The molecule has 3 heterocycles. The Morgan fingerprint density at radius 2 is 2.03 bits per heavy atom. The summed E-state index contributed by atoms with van der Waals surface area (Å²) in [6, 6.07) is 7.53. The molecular weight excluding hydrogens is 373 g/mol. The summed E-state index contributed by atoms with van der Waals surface area (Å²) in [7, 11) is 1.81. The van der Waals surface area contributed by atoms with Crippen LogP contribution in [-0.4, -0.2) is 43.4 Å². The number of benzene rings is 1. The van der Waals surface area contributed by atoms with E-state index in [0.717, 1.165) is 18.5 Å². The van der Waals surface area contributed by atoms with Crippen molar-refractivity contribution in [1.29, 1.82) is 0 Å². The number of rotatable bonds is 4. The van der Waals surface area contributed by atoms with Gasteiger partial charge in [-0.05, 0) is 44.0 Å². The molecule has 3 aromatic rings. The van der Waals surface area contributed by atoms with Gasteiger partial charge in [-0.3, -0.25) is 4.79 Å². The molecular formula is C21H22FN5O2. The molecule has 0 bridgehead atoms. The van der Waals surface area contributed by atoms with Gasteiger partial charge in [0.05, 0.1) is 0 Å². The highest BCUT2D eigenvalue weighted by molar-refractivity contribution is 5.90. The third kappa shape index (κ3) is 4.26. The first kappa shape index (κ1) is 19.0. The molecule has 1 saturated heterocycles. The Kier molecular flexibility index (Phi) is 5.24. The zero-order chi connectivity index (χ0) is 20.4. The maximum atomic E-state index is 13.1. The fraction of sp³-hybridized carbons (Fsp3) is 0.333. The summed E-state index contributed by atoms with van der Waals surface area (Å²) in [5.41, 5.74) is 0.777. The fourth-order valence-corrected chi connectivity index (χ4v) is 3.51. The summed E-state index contributed by atoms with van der Waals surface area (Å²) in [4.78, 5) is 27.9. The molecule has 8 heteroatoms. The molecule has 1 aromatic carbocycles. The van der Waals surface area contributed by atoms with Gasteiger partial charge in [0, 0.05) is 50.2 Å². The monoisotopic (exact) mass is 395 g/mol. The van der Waals surface area contributed by atoms with E-state index in [-0.39, 0.29) is 17.6 Å². The van der Waals surface area contributed by atoms with Crippen LogP contribution in [0.2, 0.25) is 0 Å². The van der Waals surface area contributed by atoms with E-state index in [9.17, 15) is 9.18 Å². The number of hydrogen-bond acceptors (Lipinski definition) is 5. The number of aromatic nitrogens is 4. The molecule has 2 aromatic heterocycles. The number of carbonyl (C=O) groups is 1. The van der Waals surface area contributed by atoms with Gasteiger partial charge >= 0.3 is 0 Å². The number of piperidine rings is 1.